The average molecular weight is 510 g/mol. The molecule has 0 radical (unpaired) electrons. The van der Waals surface area contributed by atoms with Gasteiger partial charge in [0.1, 0.15) is 12.1 Å². The maximum Gasteiger partial charge on any atom is 0.457 e. The second-order valence-corrected chi connectivity index (χ2v) is 12.2. The van der Waals surface area contributed by atoms with E-state index in [9.17, 15) is 10.3 Å². The number of carbonyl (C=O) groups is 1. The van der Waals surface area contributed by atoms with Gasteiger partial charge in [0, 0.05) is 18.0 Å². The summed E-state index contributed by atoms with van der Waals surface area (Å²) >= 11 is 0. The van der Waals surface area contributed by atoms with Gasteiger partial charge in [-0.25, -0.2) is 0 Å². The lowest BCUT2D eigenvalue weighted by Crippen LogP contribution is -2.50. The summed E-state index contributed by atoms with van der Waals surface area (Å²) in [6.07, 6.45) is 2.82. The highest BCUT2D eigenvalue weighted by Crippen LogP contribution is 2.53. The third-order valence-corrected chi connectivity index (χ3v) is 9.41. The lowest BCUT2D eigenvalue weighted by Gasteiger charge is -2.37. The SMILES string of the molecule is CC1(C)OB(CCC[C@H]2[C@@H]3CN(C4COC4)C[C@@H]3C[C@@]2(N=[N+]=[N-])C(=O)OCc2ccccc2)OC1(C)C. The van der Waals surface area contributed by atoms with E-state index in [4.69, 9.17) is 18.8 Å². The minimum atomic E-state index is -1.18. The summed E-state index contributed by atoms with van der Waals surface area (Å²) in [7, 11) is -0.284. The number of rotatable bonds is 9. The van der Waals surface area contributed by atoms with Gasteiger partial charge >= 0.3 is 13.1 Å². The Morgan fingerprint density at radius 1 is 1.16 bits per heavy atom. The highest BCUT2D eigenvalue weighted by atomic mass is 16.7. The number of azide groups is 1. The number of carbonyl (C=O) groups excluding carboxylic acids is 1. The van der Waals surface area contributed by atoms with Gasteiger partial charge in [0.05, 0.1) is 30.5 Å². The van der Waals surface area contributed by atoms with Crippen LogP contribution in [-0.2, 0) is 30.2 Å². The first-order valence-corrected chi connectivity index (χ1v) is 13.6. The van der Waals surface area contributed by atoms with Gasteiger partial charge in [-0.3, -0.25) is 9.69 Å². The second-order valence-electron chi connectivity index (χ2n) is 12.2. The molecular formula is C27H39BN4O5. The summed E-state index contributed by atoms with van der Waals surface area (Å²) in [5.74, 6) is 0.0682. The molecule has 9 nitrogen and oxygen atoms in total. The molecule has 1 aliphatic carbocycles. The summed E-state index contributed by atoms with van der Waals surface area (Å²) in [4.78, 5) is 19.4. The largest absolute Gasteiger partial charge is 0.460 e. The maximum absolute atomic E-state index is 13.7. The minimum Gasteiger partial charge on any atom is -0.460 e. The van der Waals surface area contributed by atoms with Crippen LogP contribution in [-0.4, -0.2) is 67.1 Å². The third-order valence-electron chi connectivity index (χ3n) is 9.41. The number of likely N-dealkylation sites (tertiary alicyclic amines) is 1. The van der Waals surface area contributed by atoms with Crippen molar-refractivity contribution in [1.29, 1.82) is 0 Å². The standard InChI is InChI=1S/C27H39BN4O5/c1-25(2)26(3,4)37-28(36-25)12-8-11-23-22-15-32(21-17-34-18-21)14-20(22)13-27(23,30-31-29)24(33)35-16-19-9-6-5-7-10-19/h5-7,9-10,20-23H,8,11-18H2,1-4H3/t20-,22+,23-,27-/m0/s1. The van der Waals surface area contributed by atoms with Crippen LogP contribution in [0.4, 0.5) is 0 Å². The van der Waals surface area contributed by atoms with Crippen LogP contribution in [0, 0.1) is 17.8 Å². The number of esters is 1. The molecule has 200 valence electrons. The van der Waals surface area contributed by atoms with E-state index in [1.54, 1.807) is 0 Å². The minimum absolute atomic E-state index is 0.0925. The lowest BCUT2D eigenvalue weighted by atomic mass is 9.75. The molecule has 37 heavy (non-hydrogen) atoms. The molecule has 3 saturated heterocycles. The Balaban J connectivity index is 1.31. The van der Waals surface area contributed by atoms with Gasteiger partial charge in [-0.05, 0) is 75.7 Å². The number of ether oxygens (including phenoxy) is 2. The monoisotopic (exact) mass is 510 g/mol. The van der Waals surface area contributed by atoms with Crippen LogP contribution < -0.4 is 0 Å². The topological polar surface area (TPSA) is 106 Å². The Labute approximate surface area is 219 Å². The van der Waals surface area contributed by atoms with Crippen molar-refractivity contribution in [2.45, 2.75) is 82.7 Å². The summed E-state index contributed by atoms with van der Waals surface area (Å²) in [5.41, 5.74) is 8.58. The van der Waals surface area contributed by atoms with Gasteiger partial charge in [-0.1, -0.05) is 41.9 Å². The van der Waals surface area contributed by atoms with Crippen molar-refractivity contribution in [2.24, 2.45) is 22.9 Å². The second kappa shape index (κ2) is 10.2. The predicted molar refractivity (Wildman–Crippen MR) is 140 cm³/mol. The Kier molecular flexibility index (Phi) is 7.33. The molecule has 4 fully saturated rings. The zero-order valence-electron chi connectivity index (χ0n) is 22.5. The van der Waals surface area contributed by atoms with E-state index in [1.165, 1.54) is 0 Å². The van der Waals surface area contributed by atoms with Crippen LogP contribution in [0.15, 0.2) is 35.4 Å². The highest BCUT2D eigenvalue weighted by molar-refractivity contribution is 6.45. The molecule has 0 bridgehead atoms. The summed E-state index contributed by atoms with van der Waals surface area (Å²) in [5, 5.41) is 4.23. The molecular weight excluding hydrogens is 471 g/mol. The first kappa shape index (κ1) is 26.5. The number of nitrogens with zero attached hydrogens (tertiary/aromatic N) is 4. The zero-order valence-corrected chi connectivity index (χ0v) is 22.5. The first-order chi connectivity index (χ1) is 17.6. The first-order valence-electron chi connectivity index (χ1n) is 13.6. The van der Waals surface area contributed by atoms with Gasteiger partial charge in [0.15, 0.2) is 0 Å². The molecule has 0 spiro atoms. The molecule has 0 unspecified atom stereocenters. The number of hydrogen-bond acceptors (Lipinski definition) is 7. The van der Waals surface area contributed by atoms with E-state index < -0.39 is 11.5 Å². The molecule has 3 aliphatic heterocycles. The molecule has 1 aromatic rings. The highest BCUT2D eigenvalue weighted by Gasteiger charge is 2.61. The predicted octanol–water partition coefficient (Wildman–Crippen LogP) is 4.62. The van der Waals surface area contributed by atoms with Gasteiger partial charge in [-0.15, -0.1) is 0 Å². The van der Waals surface area contributed by atoms with Crippen molar-refractivity contribution in [3.05, 3.63) is 46.3 Å². The summed E-state index contributed by atoms with van der Waals surface area (Å²) in [6.45, 7) is 11.7. The van der Waals surface area contributed by atoms with Gasteiger partial charge in [0.25, 0.3) is 0 Å². The number of fused-ring (bicyclic) bond motifs is 1. The molecule has 0 aromatic heterocycles. The van der Waals surface area contributed by atoms with Crippen LogP contribution in [0.3, 0.4) is 0 Å². The molecule has 3 heterocycles. The molecule has 0 N–H and O–H groups in total. The van der Waals surface area contributed by atoms with Crippen molar-refractivity contribution in [3.63, 3.8) is 0 Å². The van der Waals surface area contributed by atoms with Crippen molar-refractivity contribution in [1.82, 2.24) is 4.90 Å². The van der Waals surface area contributed by atoms with E-state index in [-0.39, 0.29) is 42.7 Å². The van der Waals surface area contributed by atoms with Crippen LogP contribution in [0.2, 0.25) is 6.32 Å². The van der Waals surface area contributed by atoms with Crippen LogP contribution in [0.1, 0.15) is 52.5 Å². The average Bonchev–Trinajstić information content (AvgIpc) is 3.39. The van der Waals surface area contributed by atoms with Crippen molar-refractivity contribution >= 4 is 13.1 Å². The fourth-order valence-electron chi connectivity index (χ4n) is 6.60. The van der Waals surface area contributed by atoms with Crippen LogP contribution in [0.25, 0.3) is 10.4 Å². The number of hydrogen-bond donors (Lipinski definition) is 0. The lowest BCUT2D eigenvalue weighted by molar-refractivity contribution is -0.153. The Bertz CT molecular complexity index is 1010. The van der Waals surface area contributed by atoms with Crippen molar-refractivity contribution < 1.29 is 23.6 Å². The van der Waals surface area contributed by atoms with Gasteiger partial charge < -0.3 is 18.8 Å². The van der Waals surface area contributed by atoms with Crippen LogP contribution in [0.5, 0.6) is 0 Å². The molecule has 0 amide bonds. The van der Waals surface area contributed by atoms with Crippen molar-refractivity contribution in [2.75, 3.05) is 26.3 Å². The molecule has 4 aliphatic rings. The fraction of sp³-hybridized carbons (Fsp3) is 0.741. The van der Waals surface area contributed by atoms with Crippen molar-refractivity contribution in [3.8, 4) is 0 Å². The Morgan fingerprint density at radius 3 is 2.49 bits per heavy atom. The molecule has 10 heteroatoms. The van der Waals surface area contributed by atoms with E-state index >= 15 is 0 Å². The maximum atomic E-state index is 13.7. The Morgan fingerprint density at radius 2 is 1.86 bits per heavy atom. The van der Waals surface area contributed by atoms with Gasteiger partial charge in [0.2, 0.25) is 0 Å². The van der Waals surface area contributed by atoms with E-state index in [0.717, 1.165) is 51.0 Å². The quantitative estimate of drug-likeness (QED) is 0.158. The summed E-state index contributed by atoms with van der Waals surface area (Å²) in [6, 6.07) is 10.1. The van der Waals surface area contributed by atoms with E-state index in [0.29, 0.717) is 12.5 Å². The fourth-order valence-corrected chi connectivity index (χ4v) is 6.60. The normalized spacial score (nSPS) is 32.5. The number of benzene rings is 1. The van der Waals surface area contributed by atoms with Crippen LogP contribution >= 0.6 is 0 Å². The smallest absolute Gasteiger partial charge is 0.457 e. The third kappa shape index (κ3) is 5.02. The van der Waals surface area contributed by atoms with E-state index in [1.807, 2.05) is 30.3 Å². The molecule has 1 saturated carbocycles. The molecule has 4 atom stereocenters. The zero-order chi connectivity index (χ0) is 26.3. The Hall–Kier alpha value is -2.10. The molecule has 1 aromatic carbocycles. The van der Waals surface area contributed by atoms with E-state index in [2.05, 4.69) is 42.6 Å². The van der Waals surface area contributed by atoms with Gasteiger partial charge in [-0.2, -0.15) is 0 Å². The summed E-state index contributed by atoms with van der Waals surface area (Å²) < 4.78 is 23.7. The molecule has 5 rings (SSSR count).